The van der Waals surface area contributed by atoms with E-state index >= 15 is 0 Å². The summed E-state index contributed by atoms with van der Waals surface area (Å²) in [4.78, 5) is 32.1. The van der Waals surface area contributed by atoms with Gasteiger partial charge in [-0.1, -0.05) is 26.0 Å². The molecule has 2 aromatic rings. The first-order valence-electron chi connectivity index (χ1n) is 11.6. The van der Waals surface area contributed by atoms with E-state index in [0.29, 0.717) is 5.69 Å². The highest BCUT2D eigenvalue weighted by molar-refractivity contribution is 6.16. The van der Waals surface area contributed by atoms with E-state index < -0.39 is 17.7 Å². The second-order valence-electron chi connectivity index (χ2n) is 9.04. The molecule has 0 aliphatic carbocycles. The number of aliphatic hydroxyl groups excluding tert-OH is 1. The Morgan fingerprint density at radius 2 is 1.52 bits per heavy atom. The summed E-state index contributed by atoms with van der Waals surface area (Å²) in [5.41, 5.74) is 3.70. The second kappa shape index (κ2) is 10.1. The van der Waals surface area contributed by atoms with Gasteiger partial charge in [0, 0.05) is 50.7 Å². The molecule has 1 atom stereocenters. The highest BCUT2D eigenvalue weighted by atomic mass is 16.3. The van der Waals surface area contributed by atoms with E-state index in [0.717, 1.165) is 30.0 Å². The zero-order valence-electron chi connectivity index (χ0n) is 20.5. The van der Waals surface area contributed by atoms with E-state index in [-0.39, 0.29) is 23.7 Å². The van der Waals surface area contributed by atoms with Gasteiger partial charge in [-0.15, -0.1) is 0 Å². The monoisotopic (exact) mass is 449 g/mol. The molecule has 0 bridgehead atoms. The van der Waals surface area contributed by atoms with Crippen LogP contribution in [0.5, 0.6) is 0 Å². The van der Waals surface area contributed by atoms with Crippen molar-refractivity contribution in [3.05, 3.63) is 65.4 Å². The van der Waals surface area contributed by atoms with E-state index in [4.69, 9.17) is 0 Å². The Morgan fingerprint density at radius 3 is 2.00 bits per heavy atom. The van der Waals surface area contributed by atoms with Gasteiger partial charge in [0.05, 0.1) is 11.6 Å². The normalized spacial score (nSPS) is 16.0. The summed E-state index contributed by atoms with van der Waals surface area (Å²) in [5, 5.41) is 10.8. The van der Waals surface area contributed by atoms with Gasteiger partial charge < -0.3 is 14.9 Å². The molecule has 0 saturated heterocycles. The summed E-state index contributed by atoms with van der Waals surface area (Å²) >= 11 is 0. The van der Waals surface area contributed by atoms with Crippen molar-refractivity contribution in [1.82, 2.24) is 0 Å². The highest BCUT2D eigenvalue weighted by Gasteiger charge is 2.44. The van der Waals surface area contributed by atoms with Crippen molar-refractivity contribution in [2.75, 3.05) is 41.9 Å². The van der Waals surface area contributed by atoms with Crippen LogP contribution in [0.25, 0.3) is 0 Å². The lowest BCUT2D eigenvalue weighted by atomic mass is 9.92. The lowest BCUT2D eigenvalue weighted by Crippen LogP contribution is -2.31. The molecular weight excluding hydrogens is 414 g/mol. The SMILES string of the molecule is CCN(CC)c1ccc(C2C(C(=O)CC(C)C)=C(O)C(=O)N2c2ccc(N(C)C)cc2)cc1. The van der Waals surface area contributed by atoms with E-state index in [1.807, 2.05) is 81.4 Å². The molecule has 3 rings (SSSR count). The van der Waals surface area contributed by atoms with Crippen LogP contribution in [0.4, 0.5) is 17.1 Å². The average molecular weight is 450 g/mol. The zero-order valence-corrected chi connectivity index (χ0v) is 20.5. The van der Waals surface area contributed by atoms with Crippen molar-refractivity contribution >= 4 is 28.8 Å². The molecule has 1 heterocycles. The van der Waals surface area contributed by atoms with Gasteiger partial charge in [0.2, 0.25) is 0 Å². The van der Waals surface area contributed by atoms with Crippen LogP contribution in [-0.4, -0.2) is 44.0 Å². The summed E-state index contributed by atoms with van der Waals surface area (Å²) in [6.45, 7) is 9.91. The van der Waals surface area contributed by atoms with Crippen LogP contribution >= 0.6 is 0 Å². The predicted molar refractivity (Wildman–Crippen MR) is 135 cm³/mol. The van der Waals surface area contributed by atoms with Crippen LogP contribution in [0.2, 0.25) is 0 Å². The number of Topliss-reactive ketones (excluding diaryl/α,β-unsaturated/α-hetero) is 1. The minimum Gasteiger partial charge on any atom is -0.503 e. The predicted octanol–water partition coefficient (Wildman–Crippen LogP) is 5.11. The molecule has 2 aromatic carbocycles. The number of aliphatic hydroxyl groups is 1. The fourth-order valence-corrected chi connectivity index (χ4v) is 4.32. The Morgan fingerprint density at radius 1 is 0.970 bits per heavy atom. The number of carbonyl (C=O) groups is 2. The van der Waals surface area contributed by atoms with Gasteiger partial charge in [0.15, 0.2) is 11.5 Å². The number of anilines is 3. The Labute approximate surface area is 197 Å². The van der Waals surface area contributed by atoms with Gasteiger partial charge in [-0.25, -0.2) is 0 Å². The Kier molecular flexibility index (Phi) is 7.46. The third-order valence-corrected chi connectivity index (χ3v) is 6.08. The molecule has 6 heteroatoms. The van der Waals surface area contributed by atoms with Crippen LogP contribution in [0, 0.1) is 5.92 Å². The lowest BCUT2D eigenvalue weighted by molar-refractivity contribution is -0.118. The molecule has 176 valence electrons. The fraction of sp³-hybridized carbons (Fsp3) is 0.407. The highest BCUT2D eigenvalue weighted by Crippen LogP contribution is 2.42. The molecular formula is C27H35N3O3. The molecule has 33 heavy (non-hydrogen) atoms. The first-order valence-corrected chi connectivity index (χ1v) is 11.6. The number of hydrogen-bond acceptors (Lipinski definition) is 5. The van der Waals surface area contributed by atoms with Gasteiger partial charge >= 0.3 is 0 Å². The van der Waals surface area contributed by atoms with E-state index in [1.165, 1.54) is 4.90 Å². The van der Waals surface area contributed by atoms with E-state index in [2.05, 4.69) is 18.7 Å². The van der Waals surface area contributed by atoms with Crippen molar-refractivity contribution in [2.24, 2.45) is 5.92 Å². The summed E-state index contributed by atoms with van der Waals surface area (Å²) in [5.74, 6) is -1.07. The third-order valence-electron chi connectivity index (χ3n) is 6.08. The molecule has 1 aliphatic heterocycles. The molecule has 0 radical (unpaired) electrons. The van der Waals surface area contributed by atoms with Crippen molar-refractivity contribution in [3.8, 4) is 0 Å². The van der Waals surface area contributed by atoms with E-state index in [1.54, 1.807) is 0 Å². The van der Waals surface area contributed by atoms with Gasteiger partial charge in [-0.05, 0) is 61.7 Å². The quantitative estimate of drug-likeness (QED) is 0.576. The molecule has 0 fully saturated rings. The summed E-state index contributed by atoms with van der Waals surface area (Å²) in [6, 6.07) is 14.8. The number of ketones is 1. The number of amides is 1. The van der Waals surface area contributed by atoms with Crippen molar-refractivity contribution in [3.63, 3.8) is 0 Å². The van der Waals surface area contributed by atoms with Crippen LogP contribution in [0.1, 0.15) is 45.7 Å². The van der Waals surface area contributed by atoms with Gasteiger partial charge in [-0.3, -0.25) is 14.5 Å². The Hall–Kier alpha value is -3.28. The Bertz CT molecular complexity index is 1020. The lowest BCUT2D eigenvalue weighted by Gasteiger charge is -2.28. The Balaban J connectivity index is 2.09. The molecule has 1 aliphatic rings. The van der Waals surface area contributed by atoms with Crippen molar-refractivity contribution in [1.29, 1.82) is 0 Å². The maximum absolute atomic E-state index is 13.2. The van der Waals surface area contributed by atoms with Crippen LogP contribution in [0.3, 0.4) is 0 Å². The standard InChI is InChI=1S/C27H35N3O3/c1-7-29(8-2)21-11-9-19(10-12-21)25-24(23(31)17-18(3)4)26(32)27(33)30(25)22-15-13-20(14-16-22)28(5)6/h9-16,18,25,32H,7-8,17H2,1-6H3. The fourth-order valence-electron chi connectivity index (χ4n) is 4.32. The minimum atomic E-state index is -0.667. The largest absolute Gasteiger partial charge is 0.503 e. The maximum Gasteiger partial charge on any atom is 0.294 e. The van der Waals surface area contributed by atoms with E-state index in [9.17, 15) is 14.7 Å². The first kappa shape index (κ1) is 24.4. The maximum atomic E-state index is 13.2. The number of carbonyl (C=O) groups excluding carboxylic acids is 2. The molecule has 0 aromatic heterocycles. The topological polar surface area (TPSA) is 64.1 Å². The molecule has 1 N–H and O–H groups in total. The molecule has 0 saturated carbocycles. The van der Waals surface area contributed by atoms with Gasteiger partial charge in [0.25, 0.3) is 5.91 Å². The van der Waals surface area contributed by atoms with Gasteiger partial charge in [0.1, 0.15) is 0 Å². The summed E-state index contributed by atoms with van der Waals surface area (Å²) in [7, 11) is 3.90. The van der Waals surface area contributed by atoms with Crippen LogP contribution < -0.4 is 14.7 Å². The van der Waals surface area contributed by atoms with Gasteiger partial charge in [-0.2, -0.15) is 0 Å². The molecule has 1 unspecified atom stereocenters. The minimum absolute atomic E-state index is 0.118. The number of benzene rings is 2. The van der Waals surface area contributed by atoms with Crippen molar-refractivity contribution < 1.29 is 14.7 Å². The number of nitrogens with zero attached hydrogens (tertiary/aromatic N) is 3. The number of rotatable bonds is 9. The van der Waals surface area contributed by atoms with Crippen LogP contribution in [-0.2, 0) is 9.59 Å². The first-order chi connectivity index (χ1) is 15.7. The second-order valence-corrected chi connectivity index (χ2v) is 9.04. The molecule has 6 nitrogen and oxygen atoms in total. The molecule has 1 amide bonds. The average Bonchev–Trinajstić information content (AvgIpc) is 3.05. The molecule has 0 spiro atoms. The zero-order chi connectivity index (χ0) is 24.3. The smallest absolute Gasteiger partial charge is 0.294 e. The number of hydrogen-bond donors (Lipinski definition) is 1. The van der Waals surface area contributed by atoms with Crippen molar-refractivity contribution in [2.45, 2.75) is 40.2 Å². The summed E-state index contributed by atoms with van der Waals surface area (Å²) < 4.78 is 0. The third kappa shape index (κ3) is 4.90. The summed E-state index contributed by atoms with van der Waals surface area (Å²) in [6.07, 6.45) is 0.272. The van der Waals surface area contributed by atoms with Crippen LogP contribution in [0.15, 0.2) is 59.9 Å².